The zero-order chi connectivity index (χ0) is 23.3. The molecular weight excluding hydrogens is 452 g/mol. The van der Waals surface area contributed by atoms with Gasteiger partial charge >= 0.3 is 0 Å². The second-order valence-corrected chi connectivity index (χ2v) is 9.22. The summed E-state index contributed by atoms with van der Waals surface area (Å²) in [5, 5.41) is 3.12. The largest absolute Gasteiger partial charge is 0.497 e. The molecule has 0 spiro atoms. The molecule has 0 aliphatic heterocycles. The van der Waals surface area contributed by atoms with Crippen molar-refractivity contribution < 1.29 is 22.7 Å². The molecule has 0 saturated heterocycles. The van der Waals surface area contributed by atoms with Gasteiger partial charge in [-0.1, -0.05) is 23.7 Å². The lowest BCUT2D eigenvalue weighted by molar-refractivity contribution is -0.114. The Morgan fingerprint density at radius 3 is 2.34 bits per heavy atom. The predicted molar refractivity (Wildman–Crippen MR) is 125 cm³/mol. The lowest BCUT2D eigenvalue weighted by Crippen LogP contribution is -2.38. The number of sulfonamides is 1. The van der Waals surface area contributed by atoms with Gasteiger partial charge < -0.3 is 14.8 Å². The minimum Gasteiger partial charge on any atom is -0.497 e. The number of amides is 1. The maximum atomic E-state index is 13.4. The Labute approximate surface area is 192 Å². The van der Waals surface area contributed by atoms with E-state index in [4.69, 9.17) is 21.1 Å². The maximum Gasteiger partial charge on any atom is 0.264 e. The van der Waals surface area contributed by atoms with Gasteiger partial charge in [0, 0.05) is 11.1 Å². The number of anilines is 2. The number of benzene rings is 3. The maximum absolute atomic E-state index is 13.4. The van der Waals surface area contributed by atoms with E-state index in [0.29, 0.717) is 27.9 Å². The van der Waals surface area contributed by atoms with Crippen molar-refractivity contribution in [1.29, 1.82) is 0 Å². The zero-order valence-corrected chi connectivity index (χ0v) is 19.4. The van der Waals surface area contributed by atoms with Crippen molar-refractivity contribution in [1.82, 2.24) is 0 Å². The van der Waals surface area contributed by atoms with E-state index in [0.717, 1.165) is 9.87 Å². The fourth-order valence-corrected chi connectivity index (χ4v) is 4.60. The van der Waals surface area contributed by atoms with Gasteiger partial charge in [0.05, 0.1) is 30.5 Å². The van der Waals surface area contributed by atoms with Crippen LogP contribution in [0.5, 0.6) is 11.5 Å². The monoisotopic (exact) mass is 474 g/mol. The first-order chi connectivity index (χ1) is 15.2. The summed E-state index contributed by atoms with van der Waals surface area (Å²) in [7, 11) is -1.07. The normalized spacial score (nSPS) is 11.0. The average molecular weight is 475 g/mol. The van der Waals surface area contributed by atoms with Gasteiger partial charge in [-0.15, -0.1) is 0 Å². The van der Waals surface area contributed by atoms with Gasteiger partial charge in [-0.05, 0) is 61.0 Å². The van der Waals surface area contributed by atoms with Crippen LogP contribution in [-0.2, 0) is 14.8 Å². The number of methoxy groups -OCH3 is 2. The fraction of sp³-hybridized carbons (Fsp3) is 0.174. The van der Waals surface area contributed by atoms with Crippen LogP contribution in [0.25, 0.3) is 0 Å². The smallest absolute Gasteiger partial charge is 0.264 e. The van der Waals surface area contributed by atoms with Crippen LogP contribution in [0.3, 0.4) is 0 Å². The van der Waals surface area contributed by atoms with Gasteiger partial charge in [0.2, 0.25) is 5.91 Å². The third-order valence-electron chi connectivity index (χ3n) is 4.66. The van der Waals surface area contributed by atoms with E-state index in [1.54, 1.807) is 36.4 Å². The number of hydrogen-bond acceptors (Lipinski definition) is 5. The Kier molecular flexibility index (Phi) is 7.27. The lowest BCUT2D eigenvalue weighted by atomic mass is 10.2. The second kappa shape index (κ2) is 9.93. The molecule has 0 saturated carbocycles. The van der Waals surface area contributed by atoms with Crippen molar-refractivity contribution in [3.8, 4) is 11.5 Å². The van der Waals surface area contributed by atoms with E-state index in [-0.39, 0.29) is 4.90 Å². The van der Waals surface area contributed by atoms with Gasteiger partial charge in [-0.25, -0.2) is 8.42 Å². The van der Waals surface area contributed by atoms with E-state index in [1.807, 2.05) is 13.0 Å². The third-order valence-corrected chi connectivity index (χ3v) is 6.70. The highest BCUT2D eigenvalue weighted by molar-refractivity contribution is 7.92. The first-order valence-corrected chi connectivity index (χ1v) is 11.4. The molecule has 0 aromatic heterocycles. The van der Waals surface area contributed by atoms with Crippen LogP contribution in [0, 0.1) is 6.92 Å². The van der Waals surface area contributed by atoms with Gasteiger partial charge in [0.25, 0.3) is 10.0 Å². The zero-order valence-electron chi connectivity index (χ0n) is 17.8. The van der Waals surface area contributed by atoms with Crippen molar-refractivity contribution >= 4 is 38.9 Å². The molecule has 0 atom stereocenters. The number of aryl methyl sites for hydroxylation is 1. The van der Waals surface area contributed by atoms with E-state index >= 15 is 0 Å². The van der Waals surface area contributed by atoms with Crippen LogP contribution in [0.1, 0.15) is 5.56 Å². The number of halogens is 1. The molecule has 3 aromatic carbocycles. The van der Waals surface area contributed by atoms with E-state index in [2.05, 4.69) is 5.32 Å². The Balaban J connectivity index is 1.96. The number of carbonyl (C=O) groups is 1. The predicted octanol–water partition coefficient (Wildman–Crippen LogP) is 4.50. The molecule has 0 bridgehead atoms. The molecule has 1 N–H and O–H groups in total. The summed E-state index contributed by atoms with van der Waals surface area (Å²) >= 11 is 5.91. The molecule has 0 aliphatic rings. The summed E-state index contributed by atoms with van der Waals surface area (Å²) in [5.74, 6) is 0.392. The van der Waals surface area contributed by atoms with E-state index < -0.39 is 22.5 Å². The van der Waals surface area contributed by atoms with Crippen LogP contribution >= 0.6 is 11.6 Å². The highest BCUT2D eigenvalue weighted by atomic mass is 35.5. The topological polar surface area (TPSA) is 84.9 Å². The summed E-state index contributed by atoms with van der Waals surface area (Å²) < 4.78 is 38.4. The molecule has 3 aromatic rings. The molecule has 3 rings (SSSR count). The summed E-state index contributed by atoms with van der Waals surface area (Å²) in [5.41, 5.74) is 1.59. The Hall–Kier alpha value is -3.23. The van der Waals surface area contributed by atoms with Gasteiger partial charge in [0.1, 0.15) is 18.0 Å². The molecule has 0 unspecified atom stereocenters. The van der Waals surface area contributed by atoms with Crippen molar-refractivity contribution in [2.45, 2.75) is 11.8 Å². The standard InChI is InChI=1S/C23H23ClN2O5S/c1-16-5-4-6-18(13-16)26(32(28,29)20-10-7-17(24)8-11-20)15-23(27)25-21-14-19(30-2)9-12-22(21)31-3/h4-14H,15H2,1-3H3,(H,25,27). The molecule has 7 nitrogen and oxygen atoms in total. The molecule has 0 radical (unpaired) electrons. The van der Waals surface area contributed by atoms with Gasteiger partial charge in [0.15, 0.2) is 0 Å². The van der Waals surface area contributed by atoms with Crippen molar-refractivity contribution in [3.63, 3.8) is 0 Å². The number of nitrogens with one attached hydrogen (secondary N) is 1. The minimum atomic E-state index is -4.05. The van der Waals surface area contributed by atoms with E-state index in [1.165, 1.54) is 38.5 Å². The number of hydrogen-bond donors (Lipinski definition) is 1. The first-order valence-electron chi connectivity index (χ1n) is 9.61. The number of nitrogens with zero attached hydrogens (tertiary/aromatic N) is 1. The van der Waals surface area contributed by atoms with Crippen LogP contribution in [0.2, 0.25) is 5.02 Å². The second-order valence-electron chi connectivity index (χ2n) is 6.92. The molecule has 32 heavy (non-hydrogen) atoms. The molecule has 0 heterocycles. The Bertz CT molecular complexity index is 1210. The van der Waals surface area contributed by atoms with Gasteiger partial charge in [-0.3, -0.25) is 9.10 Å². The van der Waals surface area contributed by atoms with Crippen LogP contribution in [-0.4, -0.2) is 35.1 Å². The third kappa shape index (κ3) is 5.33. The average Bonchev–Trinajstić information content (AvgIpc) is 2.77. The van der Waals surface area contributed by atoms with Crippen LogP contribution in [0.15, 0.2) is 71.6 Å². The highest BCUT2D eigenvalue weighted by Crippen LogP contribution is 2.30. The summed E-state index contributed by atoms with van der Waals surface area (Å²) in [6, 6.07) is 17.7. The van der Waals surface area contributed by atoms with Crippen LogP contribution in [0.4, 0.5) is 11.4 Å². The summed E-state index contributed by atoms with van der Waals surface area (Å²) in [4.78, 5) is 13.0. The quantitative estimate of drug-likeness (QED) is 0.519. The lowest BCUT2D eigenvalue weighted by Gasteiger charge is -2.24. The minimum absolute atomic E-state index is 0.0233. The molecule has 0 fully saturated rings. The summed E-state index contributed by atoms with van der Waals surface area (Å²) in [6.07, 6.45) is 0. The Morgan fingerprint density at radius 2 is 1.72 bits per heavy atom. The van der Waals surface area contributed by atoms with Crippen molar-refractivity contribution in [2.75, 3.05) is 30.4 Å². The molecule has 168 valence electrons. The van der Waals surface area contributed by atoms with Gasteiger partial charge in [-0.2, -0.15) is 0 Å². The van der Waals surface area contributed by atoms with Crippen molar-refractivity contribution in [2.24, 2.45) is 0 Å². The van der Waals surface area contributed by atoms with Crippen LogP contribution < -0.4 is 19.1 Å². The number of ether oxygens (including phenoxy) is 2. The molecular formula is C23H23ClN2O5S. The number of rotatable bonds is 8. The summed E-state index contributed by atoms with van der Waals surface area (Å²) in [6.45, 7) is 1.40. The Morgan fingerprint density at radius 1 is 1.00 bits per heavy atom. The molecule has 0 aliphatic carbocycles. The SMILES string of the molecule is COc1ccc(OC)c(NC(=O)CN(c2cccc(C)c2)S(=O)(=O)c2ccc(Cl)cc2)c1. The molecule has 9 heteroatoms. The molecule has 1 amide bonds. The first kappa shape index (κ1) is 23.4. The van der Waals surface area contributed by atoms with Crippen molar-refractivity contribution in [3.05, 3.63) is 77.3 Å². The number of carbonyl (C=O) groups excluding carboxylic acids is 1. The highest BCUT2D eigenvalue weighted by Gasteiger charge is 2.27. The van der Waals surface area contributed by atoms with E-state index in [9.17, 15) is 13.2 Å². The fourth-order valence-electron chi connectivity index (χ4n) is 3.06.